The molecule has 1 N–H and O–H groups in total. The lowest BCUT2D eigenvalue weighted by atomic mass is 10.2. The van der Waals surface area contributed by atoms with Crippen LogP contribution in [0.25, 0.3) is 0 Å². The van der Waals surface area contributed by atoms with Crippen molar-refractivity contribution in [2.24, 2.45) is 0 Å². The van der Waals surface area contributed by atoms with E-state index in [4.69, 9.17) is 23.2 Å². The van der Waals surface area contributed by atoms with E-state index in [2.05, 4.69) is 5.32 Å². The van der Waals surface area contributed by atoms with Crippen LogP contribution in [0.3, 0.4) is 0 Å². The van der Waals surface area contributed by atoms with Crippen molar-refractivity contribution in [2.75, 3.05) is 23.3 Å². The van der Waals surface area contributed by atoms with Crippen LogP contribution in [0.5, 0.6) is 0 Å². The molecule has 0 heterocycles. The first-order valence-corrected chi connectivity index (χ1v) is 8.01. The van der Waals surface area contributed by atoms with Crippen LogP contribution in [0.1, 0.15) is 13.3 Å². The van der Waals surface area contributed by atoms with E-state index in [-0.39, 0.29) is 18.1 Å². The Morgan fingerprint density at radius 1 is 1.17 bits per heavy atom. The van der Waals surface area contributed by atoms with Crippen LogP contribution in [-0.2, 0) is 4.79 Å². The minimum Gasteiger partial charge on any atom is -0.371 e. The summed E-state index contributed by atoms with van der Waals surface area (Å²) in [5, 5.41) is 3.50. The van der Waals surface area contributed by atoms with Crippen LogP contribution < -0.4 is 10.2 Å². The molecule has 0 radical (unpaired) electrons. The van der Waals surface area contributed by atoms with E-state index in [0.29, 0.717) is 28.8 Å². The first kappa shape index (κ1) is 17.6. The molecule has 2 aromatic carbocycles. The zero-order valence-corrected chi connectivity index (χ0v) is 14.2. The molecule has 0 atom stereocenters. The molecule has 3 nitrogen and oxygen atoms in total. The predicted molar refractivity (Wildman–Crippen MR) is 94.0 cm³/mol. The van der Waals surface area contributed by atoms with E-state index in [1.807, 2.05) is 17.9 Å². The highest BCUT2D eigenvalue weighted by Gasteiger charge is 2.12. The number of nitrogens with one attached hydrogen (secondary N) is 1. The third kappa shape index (κ3) is 4.85. The van der Waals surface area contributed by atoms with Gasteiger partial charge in [0.15, 0.2) is 0 Å². The molecule has 2 rings (SSSR count). The Hall–Kier alpha value is -1.78. The molecule has 0 saturated carbocycles. The summed E-state index contributed by atoms with van der Waals surface area (Å²) in [5.41, 5.74) is 1.16. The molecule has 1 amide bonds. The number of nitrogens with zero attached hydrogens (tertiary/aromatic N) is 1. The average Bonchev–Trinajstić information content (AvgIpc) is 2.52. The quantitative estimate of drug-likeness (QED) is 0.792. The van der Waals surface area contributed by atoms with Crippen LogP contribution in [0, 0.1) is 5.82 Å². The first-order chi connectivity index (χ1) is 11.0. The average molecular weight is 355 g/mol. The summed E-state index contributed by atoms with van der Waals surface area (Å²) in [4.78, 5) is 14.0. The van der Waals surface area contributed by atoms with Gasteiger partial charge in [0, 0.05) is 25.2 Å². The van der Waals surface area contributed by atoms with Gasteiger partial charge in [-0.25, -0.2) is 4.39 Å². The highest BCUT2D eigenvalue weighted by Crippen LogP contribution is 2.29. The maximum atomic E-state index is 13.3. The molecule has 0 saturated heterocycles. The summed E-state index contributed by atoms with van der Waals surface area (Å²) in [6.45, 7) is 3.09. The molecule has 0 aliphatic heterocycles. The van der Waals surface area contributed by atoms with E-state index >= 15 is 0 Å². The number of para-hydroxylation sites is 1. The van der Waals surface area contributed by atoms with Crippen LogP contribution >= 0.6 is 23.2 Å². The van der Waals surface area contributed by atoms with Gasteiger partial charge in [0.25, 0.3) is 0 Å². The van der Waals surface area contributed by atoms with Gasteiger partial charge in [0.1, 0.15) is 5.82 Å². The fraction of sp³-hybridized carbons (Fsp3) is 0.235. The molecule has 0 fully saturated rings. The molecule has 0 bridgehead atoms. The maximum Gasteiger partial charge on any atom is 0.226 e. The molecular formula is C17H17Cl2FN2O. The van der Waals surface area contributed by atoms with Crippen LogP contribution in [0.4, 0.5) is 15.8 Å². The lowest BCUT2D eigenvalue weighted by Gasteiger charge is -2.23. The maximum absolute atomic E-state index is 13.3. The normalized spacial score (nSPS) is 10.4. The van der Waals surface area contributed by atoms with Crippen molar-refractivity contribution in [1.29, 1.82) is 0 Å². The van der Waals surface area contributed by atoms with Crippen molar-refractivity contribution in [3.05, 3.63) is 58.3 Å². The van der Waals surface area contributed by atoms with E-state index in [1.54, 1.807) is 24.3 Å². The Labute approximate surface area is 145 Å². The van der Waals surface area contributed by atoms with Crippen molar-refractivity contribution < 1.29 is 9.18 Å². The van der Waals surface area contributed by atoms with Gasteiger partial charge >= 0.3 is 0 Å². The van der Waals surface area contributed by atoms with Gasteiger partial charge in [-0.15, -0.1) is 0 Å². The van der Waals surface area contributed by atoms with Gasteiger partial charge in [-0.3, -0.25) is 4.79 Å². The second kappa shape index (κ2) is 8.18. The highest BCUT2D eigenvalue weighted by molar-refractivity contribution is 6.39. The topological polar surface area (TPSA) is 32.3 Å². The van der Waals surface area contributed by atoms with Gasteiger partial charge in [0.2, 0.25) is 5.91 Å². The number of benzene rings is 2. The number of amides is 1. The SMILES string of the molecule is CCN(CCC(=O)Nc1c(Cl)cccc1Cl)c1cccc(F)c1. The first-order valence-electron chi connectivity index (χ1n) is 7.25. The van der Waals surface area contributed by atoms with E-state index < -0.39 is 0 Å². The second-order valence-corrected chi connectivity index (χ2v) is 5.77. The van der Waals surface area contributed by atoms with Gasteiger partial charge in [-0.2, -0.15) is 0 Å². The van der Waals surface area contributed by atoms with Gasteiger partial charge in [-0.05, 0) is 37.3 Å². The van der Waals surface area contributed by atoms with Gasteiger partial charge in [-0.1, -0.05) is 35.3 Å². The predicted octanol–water partition coefficient (Wildman–Crippen LogP) is 4.99. The fourth-order valence-electron chi connectivity index (χ4n) is 2.20. The van der Waals surface area contributed by atoms with Gasteiger partial charge < -0.3 is 10.2 Å². The molecule has 6 heteroatoms. The zero-order chi connectivity index (χ0) is 16.8. The summed E-state index contributed by atoms with van der Waals surface area (Å²) in [7, 11) is 0. The van der Waals surface area contributed by atoms with Crippen molar-refractivity contribution >= 4 is 40.5 Å². The monoisotopic (exact) mass is 354 g/mol. The summed E-state index contributed by atoms with van der Waals surface area (Å²) in [5.74, 6) is -0.497. The Morgan fingerprint density at radius 2 is 1.83 bits per heavy atom. The molecule has 2 aromatic rings. The fourth-order valence-corrected chi connectivity index (χ4v) is 2.69. The second-order valence-electron chi connectivity index (χ2n) is 4.95. The molecule has 0 aliphatic rings. The number of halogens is 3. The Balaban J connectivity index is 1.98. The lowest BCUT2D eigenvalue weighted by Crippen LogP contribution is -2.27. The number of carbonyl (C=O) groups excluding carboxylic acids is 1. The summed E-state index contributed by atoms with van der Waals surface area (Å²) in [6.07, 6.45) is 0.242. The molecular weight excluding hydrogens is 338 g/mol. The van der Waals surface area contributed by atoms with Crippen molar-refractivity contribution in [1.82, 2.24) is 0 Å². The molecule has 122 valence electrons. The van der Waals surface area contributed by atoms with Crippen LogP contribution in [0.2, 0.25) is 10.0 Å². The van der Waals surface area contributed by atoms with Crippen LogP contribution in [-0.4, -0.2) is 19.0 Å². The third-order valence-corrected chi connectivity index (χ3v) is 4.02. The number of rotatable bonds is 6. The number of hydrogen-bond acceptors (Lipinski definition) is 2. The summed E-state index contributed by atoms with van der Waals surface area (Å²) < 4.78 is 13.3. The Morgan fingerprint density at radius 3 is 2.43 bits per heavy atom. The smallest absolute Gasteiger partial charge is 0.226 e. The minimum absolute atomic E-state index is 0.199. The lowest BCUT2D eigenvalue weighted by molar-refractivity contribution is -0.116. The summed E-state index contributed by atoms with van der Waals surface area (Å²) in [6, 6.07) is 11.3. The number of carbonyl (C=O) groups is 1. The molecule has 0 aliphatic carbocycles. The van der Waals surface area contributed by atoms with Crippen molar-refractivity contribution in [3.8, 4) is 0 Å². The Kier molecular flexibility index (Phi) is 6.25. The largest absolute Gasteiger partial charge is 0.371 e. The van der Waals surface area contributed by atoms with E-state index in [1.165, 1.54) is 12.1 Å². The number of anilines is 2. The Bertz CT molecular complexity index is 674. The standard InChI is InChI=1S/C17H17Cl2FN2O/c1-2-22(13-6-3-5-12(20)11-13)10-9-16(23)21-17-14(18)7-4-8-15(17)19/h3-8,11H,2,9-10H2,1H3,(H,21,23). The van der Waals surface area contributed by atoms with E-state index in [0.717, 1.165) is 5.69 Å². The van der Waals surface area contributed by atoms with Crippen molar-refractivity contribution in [2.45, 2.75) is 13.3 Å². The molecule has 23 heavy (non-hydrogen) atoms. The van der Waals surface area contributed by atoms with Gasteiger partial charge in [0.05, 0.1) is 15.7 Å². The molecule has 0 aromatic heterocycles. The summed E-state index contributed by atoms with van der Waals surface area (Å²) >= 11 is 12.1. The van der Waals surface area contributed by atoms with E-state index in [9.17, 15) is 9.18 Å². The molecule has 0 unspecified atom stereocenters. The number of hydrogen-bond donors (Lipinski definition) is 1. The van der Waals surface area contributed by atoms with Crippen LogP contribution in [0.15, 0.2) is 42.5 Å². The third-order valence-electron chi connectivity index (χ3n) is 3.39. The highest BCUT2D eigenvalue weighted by atomic mass is 35.5. The zero-order valence-electron chi connectivity index (χ0n) is 12.7. The van der Waals surface area contributed by atoms with Crippen molar-refractivity contribution in [3.63, 3.8) is 0 Å². The molecule has 0 spiro atoms. The minimum atomic E-state index is -0.298.